The molecule has 29 heavy (non-hydrogen) atoms. The first-order valence-corrected chi connectivity index (χ1v) is 11.2. The molecule has 1 aliphatic heterocycles. The van der Waals surface area contributed by atoms with Gasteiger partial charge >= 0.3 is 0 Å². The zero-order valence-corrected chi connectivity index (χ0v) is 20.5. The number of allylic oxidation sites excluding steroid dienone is 3. The van der Waals surface area contributed by atoms with Crippen molar-refractivity contribution in [2.24, 2.45) is 4.99 Å². The maximum absolute atomic E-state index is 8.07. The van der Waals surface area contributed by atoms with Crippen molar-refractivity contribution in [1.29, 1.82) is 0 Å². The number of aryl methyl sites for hydroxylation is 2. The summed E-state index contributed by atoms with van der Waals surface area (Å²) in [6.45, 7) is 22.8. The molecule has 1 unspecified atom stereocenters. The fourth-order valence-electron chi connectivity index (χ4n) is 2.63. The van der Waals surface area contributed by atoms with E-state index < -0.39 is 0 Å². The summed E-state index contributed by atoms with van der Waals surface area (Å²) in [6.07, 6.45) is 11.2. The Bertz CT molecular complexity index is 663. The number of unbranched alkanes of at least 4 members (excludes halogenated alkanes) is 1. The van der Waals surface area contributed by atoms with E-state index in [4.69, 9.17) is 10.1 Å². The Morgan fingerprint density at radius 2 is 1.76 bits per heavy atom. The lowest BCUT2D eigenvalue weighted by Crippen LogP contribution is -2.17. The van der Waals surface area contributed by atoms with Gasteiger partial charge in [0, 0.05) is 12.8 Å². The van der Waals surface area contributed by atoms with Crippen LogP contribution < -0.4 is 0 Å². The fraction of sp³-hybridized carbons (Fsp3) is 0.519. The van der Waals surface area contributed by atoms with Gasteiger partial charge in [-0.15, -0.1) is 0 Å². The molecule has 164 valence electrons. The monoisotopic (exact) mass is 399 g/mol. The van der Waals surface area contributed by atoms with Gasteiger partial charge in [-0.1, -0.05) is 77.5 Å². The summed E-state index contributed by atoms with van der Waals surface area (Å²) in [5, 5.41) is 8.07. The summed E-state index contributed by atoms with van der Waals surface area (Å²) in [6, 6.07) is 4.72. The van der Waals surface area contributed by atoms with Gasteiger partial charge in [0.1, 0.15) is 0 Å². The van der Waals surface area contributed by atoms with Crippen molar-refractivity contribution in [2.75, 3.05) is 6.61 Å². The number of aliphatic imine (C=N–C) groups is 1. The van der Waals surface area contributed by atoms with E-state index in [2.05, 4.69) is 65.5 Å². The molecule has 0 saturated carbocycles. The number of benzene rings is 1. The van der Waals surface area contributed by atoms with E-state index in [1.807, 2.05) is 40.0 Å². The first-order valence-electron chi connectivity index (χ1n) is 11.2. The number of aliphatic hydroxyl groups excluding tert-OH is 1. The maximum Gasteiger partial charge on any atom is 0.0789 e. The zero-order chi connectivity index (χ0) is 22.8. The highest BCUT2D eigenvalue weighted by molar-refractivity contribution is 5.84. The summed E-state index contributed by atoms with van der Waals surface area (Å²) >= 11 is 0. The molecular formula is C27H45NO. The van der Waals surface area contributed by atoms with Crippen LogP contribution in [0.5, 0.6) is 0 Å². The van der Waals surface area contributed by atoms with E-state index >= 15 is 0 Å². The Morgan fingerprint density at radius 3 is 2.21 bits per heavy atom. The van der Waals surface area contributed by atoms with E-state index in [-0.39, 0.29) is 6.04 Å². The third-order valence-corrected chi connectivity index (χ3v) is 4.54. The van der Waals surface area contributed by atoms with Gasteiger partial charge in [0.25, 0.3) is 0 Å². The topological polar surface area (TPSA) is 32.6 Å². The summed E-state index contributed by atoms with van der Waals surface area (Å²) < 4.78 is 0. The predicted molar refractivity (Wildman–Crippen MR) is 133 cm³/mol. The first kappa shape index (κ1) is 29.3. The van der Waals surface area contributed by atoms with Crippen molar-refractivity contribution in [1.82, 2.24) is 0 Å². The van der Waals surface area contributed by atoms with Crippen LogP contribution in [0.1, 0.15) is 83.6 Å². The molecule has 2 nitrogen and oxygen atoms in total. The number of rotatable bonds is 5. The van der Waals surface area contributed by atoms with Crippen LogP contribution in [0.2, 0.25) is 0 Å². The summed E-state index contributed by atoms with van der Waals surface area (Å²) in [5.74, 6) is 0. The highest BCUT2D eigenvalue weighted by atomic mass is 16.2. The van der Waals surface area contributed by atoms with Gasteiger partial charge in [0.05, 0.1) is 6.04 Å². The highest BCUT2D eigenvalue weighted by Gasteiger charge is 2.18. The molecule has 0 amide bonds. The molecule has 0 bridgehead atoms. The van der Waals surface area contributed by atoms with E-state index in [1.54, 1.807) is 0 Å². The van der Waals surface area contributed by atoms with E-state index in [1.165, 1.54) is 33.4 Å². The van der Waals surface area contributed by atoms with Gasteiger partial charge < -0.3 is 5.11 Å². The van der Waals surface area contributed by atoms with E-state index in [0.29, 0.717) is 6.61 Å². The van der Waals surface area contributed by atoms with Crippen molar-refractivity contribution in [3.05, 3.63) is 70.3 Å². The van der Waals surface area contributed by atoms with Crippen LogP contribution in [-0.2, 0) is 6.42 Å². The van der Waals surface area contributed by atoms with Crippen molar-refractivity contribution in [3.63, 3.8) is 0 Å². The van der Waals surface area contributed by atoms with E-state index in [9.17, 15) is 0 Å². The number of hydrogen-bond donors (Lipinski definition) is 1. The van der Waals surface area contributed by atoms with Gasteiger partial charge in [-0.2, -0.15) is 0 Å². The van der Waals surface area contributed by atoms with Crippen LogP contribution in [0.25, 0.3) is 0 Å². The summed E-state index contributed by atoms with van der Waals surface area (Å²) in [5.41, 5.74) is 7.78. The minimum atomic E-state index is 0.192. The Hall–Kier alpha value is -1.93. The largest absolute Gasteiger partial charge is 0.396 e. The molecular weight excluding hydrogens is 354 g/mol. The van der Waals surface area contributed by atoms with Gasteiger partial charge in [-0.25, -0.2) is 0 Å². The minimum absolute atomic E-state index is 0.192. The van der Waals surface area contributed by atoms with Crippen LogP contribution in [0, 0.1) is 13.8 Å². The molecule has 1 N–H and O–H groups in total. The molecule has 0 fully saturated rings. The number of fused-ring (bicyclic) bond motifs is 1. The third kappa shape index (κ3) is 11.0. The normalized spacial score (nSPS) is 14.9. The lowest BCUT2D eigenvalue weighted by molar-refractivity contribution is 0.287. The molecule has 1 atom stereocenters. The van der Waals surface area contributed by atoms with Crippen molar-refractivity contribution < 1.29 is 5.11 Å². The van der Waals surface area contributed by atoms with Crippen LogP contribution in [0.3, 0.4) is 0 Å². The molecule has 0 radical (unpaired) electrons. The number of hydrogen-bond acceptors (Lipinski definition) is 2. The standard InChI is InChI=1S/C19H23N.C4H10O.2C2H6/c1-6-13(3)8-16(7-2)19-11-17-9-14(4)15(5)10-18(17)12-20-19;1-2-3-4-5;2*1-2/h6-10,12,19H,2,11H2,1,3-5H3;5H,2-4H2,1H3;2*1-2H3/b13-6-,16-8+;;;. The van der Waals surface area contributed by atoms with Crippen LogP contribution in [0.15, 0.2) is 53.1 Å². The Morgan fingerprint density at radius 1 is 1.17 bits per heavy atom. The summed E-state index contributed by atoms with van der Waals surface area (Å²) in [7, 11) is 0. The van der Waals surface area contributed by atoms with Gasteiger partial charge in [-0.05, 0) is 74.4 Å². The SMILES string of the molecule is C=C/C(=C\C(C)=C/C)C1Cc2cc(C)c(C)cc2C=N1.CC.CC.CCCCO. The van der Waals surface area contributed by atoms with Crippen molar-refractivity contribution >= 4 is 6.21 Å². The van der Waals surface area contributed by atoms with E-state index in [0.717, 1.165) is 19.3 Å². The molecule has 1 heterocycles. The molecule has 1 aromatic carbocycles. The Kier molecular flexibility index (Phi) is 18.3. The predicted octanol–water partition coefficient (Wildman–Crippen LogP) is 7.56. The molecule has 1 aliphatic rings. The second-order valence-corrected chi connectivity index (χ2v) is 6.59. The lowest BCUT2D eigenvalue weighted by Gasteiger charge is -2.21. The lowest BCUT2D eigenvalue weighted by atomic mass is 9.90. The first-order chi connectivity index (χ1) is 14.0. The second kappa shape index (κ2) is 18.1. The summed E-state index contributed by atoms with van der Waals surface area (Å²) in [4.78, 5) is 4.71. The van der Waals surface area contributed by atoms with Gasteiger partial charge in [0.2, 0.25) is 0 Å². The molecule has 2 heteroatoms. The number of aliphatic hydroxyl groups is 1. The van der Waals surface area contributed by atoms with Crippen LogP contribution in [0.4, 0.5) is 0 Å². The quantitative estimate of drug-likeness (QED) is 0.509. The average Bonchev–Trinajstić information content (AvgIpc) is 2.76. The van der Waals surface area contributed by atoms with Gasteiger partial charge in [-0.3, -0.25) is 4.99 Å². The molecule has 2 rings (SSSR count). The molecule has 0 aromatic heterocycles. The highest BCUT2D eigenvalue weighted by Crippen LogP contribution is 2.24. The fourth-order valence-corrected chi connectivity index (χ4v) is 2.63. The molecule has 1 aromatic rings. The number of nitrogens with zero attached hydrogens (tertiary/aromatic N) is 1. The minimum Gasteiger partial charge on any atom is -0.396 e. The third-order valence-electron chi connectivity index (χ3n) is 4.54. The zero-order valence-electron chi connectivity index (χ0n) is 20.5. The smallest absolute Gasteiger partial charge is 0.0789 e. The van der Waals surface area contributed by atoms with Crippen molar-refractivity contribution in [3.8, 4) is 0 Å². The molecule has 0 aliphatic carbocycles. The Labute approximate surface area is 181 Å². The van der Waals surface area contributed by atoms with Crippen molar-refractivity contribution in [2.45, 2.75) is 87.6 Å². The average molecular weight is 400 g/mol. The van der Waals surface area contributed by atoms with Crippen LogP contribution in [-0.4, -0.2) is 24.0 Å². The maximum atomic E-state index is 8.07. The Balaban J connectivity index is 0. The van der Waals surface area contributed by atoms with Gasteiger partial charge in [0.15, 0.2) is 0 Å². The second-order valence-electron chi connectivity index (χ2n) is 6.59. The van der Waals surface area contributed by atoms with Crippen LogP contribution >= 0.6 is 0 Å². The molecule has 0 saturated heterocycles. The molecule has 0 spiro atoms.